The molecule has 0 saturated heterocycles. The van der Waals surface area contributed by atoms with E-state index in [0.29, 0.717) is 22.8 Å². The van der Waals surface area contributed by atoms with Crippen LogP contribution in [-0.2, 0) is 10.3 Å². The number of esters is 1. The fraction of sp³-hybridized carbons (Fsp3) is 0.174. The Morgan fingerprint density at radius 3 is 2.07 bits per heavy atom. The first-order chi connectivity index (χ1) is 13.6. The molecule has 28 heavy (non-hydrogen) atoms. The van der Waals surface area contributed by atoms with Gasteiger partial charge in [-0.2, -0.15) is 0 Å². The van der Waals surface area contributed by atoms with Crippen LogP contribution in [0.5, 0.6) is 17.2 Å². The maximum atomic E-state index is 13.2. The van der Waals surface area contributed by atoms with Crippen LogP contribution in [0.2, 0.25) is 0 Å². The Balaban J connectivity index is 1.95. The van der Waals surface area contributed by atoms with Crippen LogP contribution in [0.4, 0.5) is 5.69 Å². The van der Waals surface area contributed by atoms with E-state index in [0.717, 1.165) is 22.4 Å². The Bertz CT molecular complexity index is 1070. The quantitative estimate of drug-likeness (QED) is 0.626. The lowest BCUT2D eigenvalue weighted by atomic mass is 9.77. The van der Waals surface area contributed by atoms with Gasteiger partial charge in [-0.15, -0.1) is 0 Å². The van der Waals surface area contributed by atoms with Gasteiger partial charge in [-0.05, 0) is 24.3 Å². The zero-order valence-corrected chi connectivity index (χ0v) is 15.9. The van der Waals surface area contributed by atoms with E-state index in [1.54, 1.807) is 7.11 Å². The molecule has 0 saturated carbocycles. The number of rotatable bonds is 2. The van der Waals surface area contributed by atoms with Crippen LogP contribution in [0.15, 0.2) is 60.7 Å². The molecular weight excluding hydrogens is 354 g/mol. The van der Waals surface area contributed by atoms with Crippen LogP contribution >= 0.6 is 0 Å². The minimum absolute atomic E-state index is 0.371. The summed E-state index contributed by atoms with van der Waals surface area (Å²) in [6, 6.07) is 19.1. The number of carbonyl (C=O) groups is 1. The van der Waals surface area contributed by atoms with Gasteiger partial charge in [-0.3, -0.25) is 0 Å². The average Bonchev–Trinajstić information content (AvgIpc) is 3.02. The van der Waals surface area contributed by atoms with Crippen molar-refractivity contribution >= 4 is 11.7 Å². The van der Waals surface area contributed by atoms with Gasteiger partial charge in [0.15, 0.2) is 5.60 Å². The summed E-state index contributed by atoms with van der Waals surface area (Å²) in [7, 11) is 5.43. The number of nitrogens with zero attached hydrogens (tertiary/aromatic N) is 1. The van der Waals surface area contributed by atoms with Crippen molar-refractivity contribution in [1.29, 1.82) is 0 Å². The number of anilines is 1. The highest BCUT2D eigenvalue weighted by Crippen LogP contribution is 2.59. The lowest BCUT2D eigenvalue weighted by Gasteiger charge is -2.36. The molecule has 0 amide bonds. The van der Waals surface area contributed by atoms with Crippen molar-refractivity contribution in [2.24, 2.45) is 0 Å². The number of ether oxygens (including phenoxy) is 3. The summed E-state index contributed by atoms with van der Waals surface area (Å²) in [5.41, 5.74) is 2.49. The lowest BCUT2D eigenvalue weighted by Crippen LogP contribution is -2.33. The normalized spacial score (nSPS) is 15.2. The Morgan fingerprint density at radius 1 is 0.893 bits per heavy atom. The number of benzene rings is 3. The van der Waals surface area contributed by atoms with Crippen LogP contribution in [0.3, 0.4) is 0 Å². The van der Waals surface area contributed by atoms with Crippen molar-refractivity contribution in [3.63, 3.8) is 0 Å². The van der Waals surface area contributed by atoms with Gasteiger partial charge in [0.25, 0.3) is 0 Å². The summed E-state index contributed by atoms with van der Waals surface area (Å²) in [6.07, 6.45) is 0. The summed E-state index contributed by atoms with van der Waals surface area (Å²) in [4.78, 5) is 15.1. The van der Waals surface area contributed by atoms with Crippen molar-refractivity contribution in [3.8, 4) is 17.2 Å². The highest BCUT2D eigenvalue weighted by atomic mass is 16.6. The van der Waals surface area contributed by atoms with Gasteiger partial charge in [0.05, 0.1) is 23.9 Å². The first kappa shape index (κ1) is 16.7. The van der Waals surface area contributed by atoms with Gasteiger partial charge < -0.3 is 19.1 Å². The first-order valence-corrected chi connectivity index (χ1v) is 9.07. The number of carbonyl (C=O) groups excluding carboxylic acids is 1. The van der Waals surface area contributed by atoms with Crippen LogP contribution in [0.1, 0.15) is 27.0 Å². The Kier molecular flexibility index (Phi) is 3.43. The molecular formula is C23H19NO4. The first-order valence-electron chi connectivity index (χ1n) is 9.07. The van der Waals surface area contributed by atoms with E-state index in [1.165, 1.54) is 0 Å². The van der Waals surface area contributed by atoms with E-state index in [4.69, 9.17) is 14.2 Å². The topological polar surface area (TPSA) is 48.0 Å². The van der Waals surface area contributed by atoms with Gasteiger partial charge in [0, 0.05) is 25.2 Å². The molecule has 2 aliphatic heterocycles. The minimum atomic E-state index is -1.12. The zero-order valence-electron chi connectivity index (χ0n) is 15.9. The van der Waals surface area contributed by atoms with Crippen molar-refractivity contribution in [1.82, 2.24) is 0 Å². The largest absolute Gasteiger partial charge is 0.496 e. The summed E-state index contributed by atoms with van der Waals surface area (Å²) in [5.74, 6) is 1.57. The minimum Gasteiger partial charge on any atom is -0.496 e. The second-order valence-corrected chi connectivity index (χ2v) is 7.10. The van der Waals surface area contributed by atoms with Crippen molar-refractivity contribution in [3.05, 3.63) is 82.9 Å². The van der Waals surface area contributed by atoms with Crippen molar-refractivity contribution in [2.75, 3.05) is 26.1 Å². The Morgan fingerprint density at radius 2 is 1.50 bits per heavy atom. The highest BCUT2D eigenvalue weighted by Gasteiger charge is 2.56. The van der Waals surface area contributed by atoms with Crippen LogP contribution in [0, 0.1) is 0 Å². The van der Waals surface area contributed by atoms with Crippen molar-refractivity contribution in [2.45, 2.75) is 5.60 Å². The molecule has 0 aliphatic carbocycles. The number of hydrogen-bond acceptors (Lipinski definition) is 5. The van der Waals surface area contributed by atoms with Gasteiger partial charge in [-0.1, -0.05) is 36.4 Å². The van der Waals surface area contributed by atoms with E-state index >= 15 is 0 Å². The predicted molar refractivity (Wildman–Crippen MR) is 106 cm³/mol. The zero-order chi connectivity index (χ0) is 19.5. The average molecular weight is 373 g/mol. The molecule has 0 radical (unpaired) electrons. The molecule has 0 atom stereocenters. The van der Waals surface area contributed by atoms with Crippen LogP contribution in [0.25, 0.3) is 0 Å². The van der Waals surface area contributed by atoms with E-state index in [2.05, 4.69) is 0 Å². The van der Waals surface area contributed by atoms with Gasteiger partial charge in [0.2, 0.25) is 0 Å². The maximum Gasteiger partial charge on any atom is 0.342 e. The molecule has 1 spiro atoms. The third-order valence-electron chi connectivity index (χ3n) is 5.40. The van der Waals surface area contributed by atoms with E-state index in [1.807, 2.05) is 79.7 Å². The number of methoxy groups -OCH3 is 1. The summed E-state index contributed by atoms with van der Waals surface area (Å²) in [6.45, 7) is 0. The SMILES string of the molecule is COc1ccc(N(C)C)c2c1C1(OC2=O)c2ccccc2Oc2ccccc21. The molecule has 3 aromatic rings. The van der Waals surface area contributed by atoms with E-state index in [-0.39, 0.29) is 5.97 Å². The second-order valence-electron chi connectivity index (χ2n) is 7.10. The molecule has 0 bridgehead atoms. The van der Waals surface area contributed by atoms with Gasteiger partial charge >= 0.3 is 5.97 Å². The number of para-hydroxylation sites is 2. The van der Waals surface area contributed by atoms with Gasteiger partial charge in [-0.25, -0.2) is 4.79 Å². The molecule has 0 fully saturated rings. The summed E-state index contributed by atoms with van der Waals surface area (Å²) in [5, 5.41) is 0. The molecule has 3 aromatic carbocycles. The predicted octanol–water partition coefficient (Wildman–Crippen LogP) is 4.33. The molecule has 2 heterocycles. The lowest BCUT2D eigenvalue weighted by molar-refractivity contribution is 0.0220. The van der Waals surface area contributed by atoms with Crippen LogP contribution in [-0.4, -0.2) is 27.2 Å². The summed E-state index contributed by atoms with van der Waals surface area (Å²) >= 11 is 0. The second kappa shape index (κ2) is 5.76. The third-order valence-corrected chi connectivity index (χ3v) is 5.40. The molecule has 0 aromatic heterocycles. The van der Waals surface area contributed by atoms with E-state index in [9.17, 15) is 4.79 Å². The smallest absolute Gasteiger partial charge is 0.342 e. The summed E-state index contributed by atoms with van der Waals surface area (Å²) < 4.78 is 18.1. The van der Waals surface area contributed by atoms with E-state index < -0.39 is 5.60 Å². The van der Waals surface area contributed by atoms with Crippen molar-refractivity contribution < 1.29 is 19.0 Å². The fourth-order valence-corrected chi connectivity index (χ4v) is 4.25. The molecule has 0 N–H and O–H groups in total. The maximum absolute atomic E-state index is 13.2. The number of fused-ring (bicyclic) bond motifs is 6. The molecule has 2 aliphatic rings. The monoisotopic (exact) mass is 373 g/mol. The molecule has 5 nitrogen and oxygen atoms in total. The Hall–Kier alpha value is -3.47. The molecule has 5 heteroatoms. The highest BCUT2D eigenvalue weighted by molar-refractivity contribution is 6.03. The molecule has 140 valence electrons. The Labute approximate surface area is 163 Å². The number of hydrogen-bond donors (Lipinski definition) is 0. The third kappa shape index (κ3) is 1.99. The fourth-order valence-electron chi connectivity index (χ4n) is 4.25. The van der Waals surface area contributed by atoms with Crippen LogP contribution < -0.4 is 14.4 Å². The molecule has 0 unspecified atom stereocenters. The molecule has 5 rings (SSSR count). The van der Waals surface area contributed by atoms with Gasteiger partial charge in [0.1, 0.15) is 17.2 Å². The standard InChI is InChI=1S/C23H19NO4/c1-24(2)16-12-13-19(26-3)21-20(16)22(25)28-23(21)14-8-4-6-10-17(14)27-18-11-7-5-9-15(18)23/h4-13H,1-3H3.